The molecule has 1 N–H and O–H groups in total. The monoisotopic (exact) mass is 488 g/mol. The third-order valence-electron chi connectivity index (χ3n) is 8.82. The fraction of sp³-hybridized carbons (Fsp3) is 0.724. The molecule has 1 heterocycles. The van der Waals surface area contributed by atoms with Gasteiger partial charge in [0.2, 0.25) is 11.8 Å². The molecule has 1 saturated heterocycles. The average molecular weight is 489 g/mol. The summed E-state index contributed by atoms with van der Waals surface area (Å²) in [6.45, 7) is 11.3. The van der Waals surface area contributed by atoms with Crippen LogP contribution in [-0.4, -0.2) is 41.5 Å². The Balaban J connectivity index is 1.48. The van der Waals surface area contributed by atoms with Gasteiger partial charge in [0.1, 0.15) is 12.0 Å². The molecule has 0 spiro atoms. The van der Waals surface area contributed by atoms with Crippen LogP contribution in [0.25, 0.3) is 0 Å². The zero-order valence-electron chi connectivity index (χ0n) is 21.6. The van der Waals surface area contributed by atoms with E-state index in [1.807, 2.05) is 25.7 Å². The normalized spacial score (nSPS) is 31.9. The highest BCUT2D eigenvalue weighted by Crippen LogP contribution is 2.48. The molecule has 4 nitrogen and oxygen atoms in total. The number of rotatable bonds is 4. The van der Waals surface area contributed by atoms with E-state index in [0.717, 1.165) is 37.3 Å². The molecule has 0 aromatic rings. The Morgan fingerprint density at radius 1 is 1.11 bits per heavy atom. The Morgan fingerprint density at radius 3 is 2.37 bits per heavy atom. The van der Waals surface area contributed by atoms with E-state index >= 15 is 0 Å². The summed E-state index contributed by atoms with van der Waals surface area (Å²) in [5.41, 5.74) is 0.233. The van der Waals surface area contributed by atoms with E-state index < -0.39 is 23.3 Å². The minimum atomic E-state index is -1.42. The van der Waals surface area contributed by atoms with Crippen molar-refractivity contribution in [3.05, 3.63) is 36.2 Å². The molecule has 4 aliphatic rings. The van der Waals surface area contributed by atoms with Gasteiger partial charge in [-0.1, -0.05) is 37.5 Å². The second-order valence-electron chi connectivity index (χ2n) is 12.4. The van der Waals surface area contributed by atoms with Gasteiger partial charge in [-0.2, -0.15) is 0 Å². The average Bonchev–Trinajstić information content (AvgIpc) is 3.19. The van der Waals surface area contributed by atoms with Gasteiger partial charge in [-0.25, -0.2) is 8.78 Å². The molecule has 2 amide bonds. The Hall–Kier alpha value is -1.98. The predicted molar refractivity (Wildman–Crippen MR) is 135 cm³/mol. The summed E-state index contributed by atoms with van der Waals surface area (Å²) in [6.07, 6.45) is 10.7. The molecule has 3 aliphatic carbocycles. The SMILES string of the molecule is C=C1C[C@@H](C(=O)N2CCC(C(=O)NC(C)(C)C)(C3CCCCC3)CC2)[C@H](C2C=CC(F)=CC2F)C1. The van der Waals surface area contributed by atoms with Crippen molar-refractivity contribution in [2.75, 3.05) is 13.1 Å². The molecule has 2 saturated carbocycles. The maximum atomic E-state index is 14.7. The van der Waals surface area contributed by atoms with Crippen LogP contribution in [0.4, 0.5) is 8.78 Å². The second kappa shape index (κ2) is 10.2. The topological polar surface area (TPSA) is 49.4 Å². The van der Waals surface area contributed by atoms with E-state index in [1.54, 1.807) is 6.08 Å². The first kappa shape index (κ1) is 26.1. The maximum Gasteiger partial charge on any atom is 0.227 e. The first-order chi connectivity index (χ1) is 16.5. The highest BCUT2D eigenvalue weighted by molar-refractivity contribution is 5.85. The first-order valence-electron chi connectivity index (χ1n) is 13.5. The number of allylic oxidation sites excluding steroid dienone is 5. The largest absolute Gasteiger partial charge is 0.351 e. The predicted octanol–water partition coefficient (Wildman–Crippen LogP) is 6.05. The van der Waals surface area contributed by atoms with Crippen molar-refractivity contribution in [3.8, 4) is 0 Å². The van der Waals surface area contributed by atoms with Gasteiger partial charge in [-0.05, 0) is 83.3 Å². The molecule has 0 aromatic carbocycles. The standard InChI is InChI=1S/C29H42F2N2O2/c1-19-16-23(22-11-10-21(30)18-25(22)31)24(17-19)26(34)33-14-12-29(13-15-33,20-8-6-5-7-9-20)27(35)32-28(2,3)4/h10-11,18,20,22-25H,1,5-9,12-17H2,2-4H3,(H,32,35)/t22?,23-,24+,25?/m0/s1. The van der Waals surface area contributed by atoms with E-state index in [9.17, 15) is 18.4 Å². The Bertz CT molecular complexity index is 889. The van der Waals surface area contributed by atoms with Crippen molar-refractivity contribution >= 4 is 11.8 Å². The molecule has 194 valence electrons. The molecule has 0 radical (unpaired) electrons. The van der Waals surface area contributed by atoms with Gasteiger partial charge < -0.3 is 10.2 Å². The molecule has 1 aliphatic heterocycles. The van der Waals surface area contributed by atoms with Crippen molar-refractivity contribution in [1.82, 2.24) is 10.2 Å². The van der Waals surface area contributed by atoms with Gasteiger partial charge in [0.25, 0.3) is 0 Å². The van der Waals surface area contributed by atoms with Crippen LogP contribution in [-0.2, 0) is 9.59 Å². The van der Waals surface area contributed by atoms with Crippen molar-refractivity contribution in [1.29, 1.82) is 0 Å². The minimum absolute atomic E-state index is 0.0396. The summed E-state index contributed by atoms with van der Waals surface area (Å²) >= 11 is 0. The van der Waals surface area contributed by atoms with Gasteiger partial charge in [-0.15, -0.1) is 0 Å². The van der Waals surface area contributed by atoms with E-state index in [1.165, 1.54) is 12.5 Å². The zero-order chi connectivity index (χ0) is 25.4. The van der Waals surface area contributed by atoms with Gasteiger partial charge in [0, 0.05) is 30.5 Å². The molecular weight excluding hydrogens is 446 g/mol. The van der Waals surface area contributed by atoms with Crippen LogP contribution in [0.5, 0.6) is 0 Å². The number of carbonyl (C=O) groups is 2. The second-order valence-corrected chi connectivity index (χ2v) is 12.4. The fourth-order valence-electron chi connectivity index (χ4n) is 7.00. The summed E-state index contributed by atoms with van der Waals surface area (Å²) in [5, 5.41) is 3.25. The summed E-state index contributed by atoms with van der Waals surface area (Å²) in [4.78, 5) is 29.2. The number of alkyl halides is 1. The van der Waals surface area contributed by atoms with Gasteiger partial charge in [0.15, 0.2) is 0 Å². The minimum Gasteiger partial charge on any atom is -0.351 e. The zero-order valence-corrected chi connectivity index (χ0v) is 21.6. The molecule has 2 unspecified atom stereocenters. The summed E-state index contributed by atoms with van der Waals surface area (Å²) in [7, 11) is 0. The number of amides is 2. The van der Waals surface area contributed by atoms with Crippen LogP contribution in [0.1, 0.15) is 78.6 Å². The third kappa shape index (κ3) is 5.56. The van der Waals surface area contributed by atoms with Gasteiger partial charge >= 0.3 is 0 Å². The number of carbonyl (C=O) groups excluding carboxylic acids is 2. The first-order valence-corrected chi connectivity index (χ1v) is 13.5. The van der Waals surface area contributed by atoms with Crippen LogP contribution in [0.2, 0.25) is 0 Å². The Morgan fingerprint density at radius 2 is 1.77 bits per heavy atom. The van der Waals surface area contributed by atoms with Crippen LogP contribution in [0.3, 0.4) is 0 Å². The van der Waals surface area contributed by atoms with Gasteiger partial charge in [0.05, 0.1) is 5.41 Å². The Labute approximate surface area is 209 Å². The van der Waals surface area contributed by atoms with Crippen LogP contribution in [0.15, 0.2) is 36.2 Å². The van der Waals surface area contributed by atoms with Crippen molar-refractivity contribution in [2.45, 2.75) is 90.3 Å². The third-order valence-corrected chi connectivity index (χ3v) is 8.82. The molecule has 4 atom stereocenters. The van der Waals surface area contributed by atoms with Crippen molar-refractivity contribution in [2.24, 2.45) is 29.1 Å². The molecule has 6 heteroatoms. The molecular formula is C29H42F2N2O2. The maximum absolute atomic E-state index is 14.7. The number of piperidine rings is 1. The lowest BCUT2D eigenvalue weighted by Gasteiger charge is -2.48. The van der Waals surface area contributed by atoms with E-state index in [-0.39, 0.29) is 29.2 Å². The smallest absolute Gasteiger partial charge is 0.227 e. The van der Waals surface area contributed by atoms with E-state index in [4.69, 9.17) is 0 Å². The van der Waals surface area contributed by atoms with Crippen molar-refractivity contribution in [3.63, 3.8) is 0 Å². The number of halogens is 2. The molecule has 35 heavy (non-hydrogen) atoms. The van der Waals surface area contributed by atoms with Gasteiger partial charge in [-0.3, -0.25) is 9.59 Å². The number of nitrogens with one attached hydrogen (secondary N) is 1. The fourth-order valence-corrected chi connectivity index (χ4v) is 7.00. The quantitative estimate of drug-likeness (QED) is 0.490. The van der Waals surface area contributed by atoms with Crippen LogP contribution in [0, 0.1) is 29.1 Å². The number of nitrogens with zero attached hydrogens (tertiary/aromatic N) is 1. The summed E-state index contributed by atoms with van der Waals surface area (Å²) < 4.78 is 28.2. The lowest BCUT2D eigenvalue weighted by atomic mass is 9.63. The van der Waals surface area contributed by atoms with Crippen molar-refractivity contribution < 1.29 is 18.4 Å². The lowest BCUT2D eigenvalue weighted by molar-refractivity contribution is -0.148. The molecule has 0 aromatic heterocycles. The Kier molecular flexibility index (Phi) is 7.59. The summed E-state index contributed by atoms with van der Waals surface area (Å²) in [6, 6.07) is 0. The highest BCUT2D eigenvalue weighted by Gasteiger charge is 2.50. The van der Waals surface area contributed by atoms with Crippen LogP contribution >= 0.6 is 0 Å². The number of hydrogen-bond donors (Lipinski definition) is 1. The van der Waals surface area contributed by atoms with E-state index in [0.29, 0.717) is 44.7 Å². The highest BCUT2D eigenvalue weighted by atomic mass is 19.1. The van der Waals surface area contributed by atoms with E-state index in [2.05, 4.69) is 11.9 Å². The lowest BCUT2D eigenvalue weighted by Crippen LogP contribution is -2.57. The van der Waals surface area contributed by atoms with Crippen LogP contribution < -0.4 is 5.32 Å². The number of likely N-dealkylation sites (tertiary alicyclic amines) is 1. The molecule has 0 bridgehead atoms. The summed E-state index contributed by atoms with van der Waals surface area (Å²) in [5.74, 6) is -1.08. The number of hydrogen-bond acceptors (Lipinski definition) is 2. The molecule has 4 rings (SSSR count). The molecule has 3 fully saturated rings.